The van der Waals surface area contributed by atoms with Crippen LogP contribution in [0.5, 0.6) is 11.5 Å². The average molecular weight is 597 g/mol. The van der Waals surface area contributed by atoms with E-state index in [0.717, 1.165) is 109 Å². The van der Waals surface area contributed by atoms with Gasteiger partial charge < -0.3 is 29.6 Å². The molecule has 236 valence electrons. The van der Waals surface area contributed by atoms with Crippen LogP contribution in [0.1, 0.15) is 52.8 Å². The molecule has 4 rings (SSSR count). The summed E-state index contributed by atoms with van der Waals surface area (Å²) in [5.41, 5.74) is 1.28. The minimum absolute atomic E-state index is 0.0600. The Morgan fingerprint density at radius 3 is 1.35 bits per heavy atom. The molecule has 0 unspecified atom stereocenters. The van der Waals surface area contributed by atoms with Gasteiger partial charge >= 0.3 is 0 Å². The number of morpholine rings is 2. The summed E-state index contributed by atoms with van der Waals surface area (Å²) in [4.78, 5) is 29.5. The Hall–Kier alpha value is -3.18. The fourth-order valence-corrected chi connectivity index (χ4v) is 5.03. The molecular weight excluding hydrogens is 548 g/mol. The molecule has 2 saturated heterocycles. The van der Waals surface area contributed by atoms with Crippen molar-refractivity contribution in [1.29, 1.82) is 0 Å². The molecular formula is C33H48N4O6. The number of benzene rings is 2. The van der Waals surface area contributed by atoms with Gasteiger partial charge in [0.15, 0.2) is 0 Å². The standard InChI is InChI=1S/C33H48N4O6/c38-32(28-6-10-30(11-7-28)42-26-20-36-16-22-40-23-17-36)34-14-4-2-1-3-5-15-35-33(39)29-8-12-31(13-9-29)43-27-21-37-18-24-41-25-19-37/h6-13H,1-5,14-27H2,(H,34,38)(H,35,39). The molecule has 0 aromatic heterocycles. The lowest BCUT2D eigenvalue weighted by atomic mass is 10.1. The van der Waals surface area contributed by atoms with Gasteiger partial charge in [-0.05, 0) is 61.4 Å². The highest BCUT2D eigenvalue weighted by Gasteiger charge is 2.12. The fourth-order valence-electron chi connectivity index (χ4n) is 5.03. The van der Waals surface area contributed by atoms with Crippen LogP contribution in [0.25, 0.3) is 0 Å². The summed E-state index contributed by atoms with van der Waals surface area (Å²) in [7, 11) is 0. The van der Waals surface area contributed by atoms with Gasteiger partial charge in [-0.3, -0.25) is 19.4 Å². The third-order valence-electron chi connectivity index (χ3n) is 7.72. The number of carbonyl (C=O) groups excluding carboxylic acids is 2. The number of unbranched alkanes of at least 4 members (excludes halogenated alkanes) is 4. The molecule has 0 saturated carbocycles. The number of rotatable bonds is 18. The first-order valence-corrected chi connectivity index (χ1v) is 15.8. The Bertz CT molecular complexity index is 984. The van der Waals surface area contributed by atoms with Gasteiger partial charge in [0.25, 0.3) is 11.8 Å². The molecule has 2 aromatic rings. The molecule has 2 aromatic carbocycles. The molecule has 0 radical (unpaired) electrons. The van der Waals surface area contributed by atoms with E-state index in [0.29, 0.717) is 37.4 Å². The van der Waals surface area contributed by atoms with Crippen molar-refractivity contribution in [2.24, 2.45) is 0 Å². The van der Waals surface area contributed by atoms with E-state index in [2.05, 4.69) is 20.4 Å². The zero-order chi connectivity index (χ0) is 30.0. The van der Waals surface area contributed by atoms with Crippen LogP contribution in [-0.4, -0.2) is 114 Å². The summed E-state index contributed by atoms with van der Waals surface area (Å²) in [6.07, 6.45) is 5.01. The number of nitrogens with one attached hydrogen (secondary N) is 2. The van der Waals surface area contributed by atoms with E-state index in [1.807, 2.05) is 48.5 Å². The molecule has 0 atom stereocenters. The second-order valence-corrected chi connectivity index (χ2v) is 10.9. The fraction of sp³-hybridized carbons (Fsp3) is 0.576. The van der Waals surface area contributed by atoms with E-state index in [-0.39, 0.29) is 11.8 Å². The van der Waals surface area contributed by atoms with E-state index < -0.39 is 0 Å². The molecule has 43 heavy (non-hydrogen) atoms. The van der Waals surface area contributed by atoms with E-state index in [1.54, 1.807) is 0 Å². The Morgan fingerprint density at radius 1 is 0.581 bits per heavy atom. The minimum Gasteiger partial charge on any atom is -0.492 e. The van der Waals surface area contributed by atoms with Crippen molar-refractivity contribution in [2.75, 3.05) is 92.0 Å². The van der Waals surface area contributed by atoms with Crippen LogP contribution in [-0.2, 0) is 9.47 Å². The second-order valence-electron chi connectivity index (χ2n) is 10.9. The minimum atomic E-state index is -0.0600. The van der Waals surface area contributed by atoms with Gasteiger partial charge in [-0.25, -0.2) is 0 Å². The number of ether oxygens (including phenoxy) is 4. The first-order valence-electron chi connectivity index (χ1n) is 15.8. The lowest BCUT2D eigenvalue weighted by Gasteiger charge is -2.26. The number of amides is 2. The predicted molar refractivity (Wildman–Crippen MR) is 166 cm³/mol. The molecule has 0 spiro atoms. The molecule has 0 aliphatic carbocycles. The maximum Gasteiger partial charge on any atom is 0.251 e. The first kappa shape index (κ1) is 32.7. The molecule has 2 aliphatic heterocycles. The Morgan fingerprint density at radius 2 is 0.953 bits per heavy atom. The van der Waals surface area contributed by atoms with Gasteiger partial charge in [0, 0.05) is 63.5 Å². The molecule has 2 fully saturated rings. The van der Waals surface area contributed by atoms with Gasteiger partial charge in [-0.2, -0.15) is 0 Å². The van der Waals surface area contributed by atoms with Gasteiger partial charge in [0.2, 0.25) is 0 Å². The van der Waals surface area contributed by atoms with Crippen LogP contribution in [0, 0.1) is 0 Å². The summed E-state index contributed by atoms with van der Waals surface area (Å²) in [5.74, 6) is 1.43. The van der Waals surface area contributed by atoms with E-state index in [4.69, 9.17) is 18.9 Å². The molecule has 2 amide bonds. The molecule has 2 aliphatic rings. The zero-order valence-corrected chi connectivity index (χ0v) is 25.4. The summed E-state index contributed by atoms with van der Waals surface area (Å²) in [6, 6.07) is 14.6. The number of carbonyl (C=O) groups is 2. The highest BCUT2D eigenvalue weighted by Crippen LogP contribution is 2.14. The number of hydrogen-bond acceptors (Lipinski definition) is 8. The molecule has 0 bridgehead atoms. The molecule has 10 heteroatoms. The lowest BCUT2D eigenvalue weighted by molar-refractivity contribution is 0.0321. The van der Waals surface area contributed by atoms with Gasteiger partial charge in [0.1, 0.15) is 24.7 Å². The van der Waals surface area contributed by atoms with Crippen LogP contribution in [0.15, 0.2) is 48.5 Å². The highest BCUT2D eigenvalue weighted by atomic mass is 16.5. The van der Waals surface area contributed by atoms with Crippen molar-refractivity contribution in [3.05, 3.63) is 59.7 Å². The topological polar surface area (TPSA) is 102 Å². The van der Waals surface area contributed by atoms with Crippen LogP contribution >= 0.6 is 0 Å². The highest BCUT2D eigenvalue weighted by molar-refractivity contribution is 5.94. The monoisotopic (exact) mass is 596 g/mol. The third kappa shape index (κ3) is 12.5. The summed E-state index contributed by atoms with van der Waals surface area (Å²) in [6.45, 7) is 11.2. The van der Waals surface area contributed by atoms with Crippen LogP contribution < -0.4 is 20.1 Å². The van der Waals surface area contributed by atoms with E-state index >= 15 is 0 Å². The van der Waals surface area contributed by atoms with Crippen LogP contribution in [0.2, 0.25) is 0 Å². The van der Waals surface area contributed by atoms with Crippen molar-refractivity contribution in [3.63, 3.8) is 0 Å². The van der Waals surface area contributed by atoms with E-state index in [1.165, 1.54) is 0 Å². The Balaban J connectivity index is 0.972. The first-order chi connectivity index (χ1) is 21.2. The normalized spacial score (nSPS) is 16.0. The predicted octanol–water partition coefficient (Wildman–Crippen LogP) is 3.22. The zero-order valence-electron chi connectivity index (χ0n) is 25.4. The summed E-state index contributed by atoms with van der Waals surface area (Å²) in [5, 5.41) is 6.00. The quantitative estimate of drug-likeness (QED) is 0.253. The maximum absolute atomic E-state index is 12.4. The molecule has 10 nitrogen and oxygen atoms in total. The largest absolute Gasteiger partial charge is 0.492 e. The Kier molecular flexibility index (Phi) is 14.6. The van der Waals surface area contributed by atoms with Gasteiger partial charge in [-0.15, -0.1) is 0 Å². The number of nitrogens with zero attached hydrogens (tertiary/aromatic N) is 2. The van der Waals surface area contributed by atoms with Crippen LogP contribution in [0.3, 0.4) is 0 Å². The van der Waals surface area contributed by atoms with Crippen molar-refractivity contribution in [3.8, 4) is 11.5 Å². The average Bonchev–Trinajstić information content (AvgIpc) is 3.05. The maximum atomic E-state index is 12.4. The van der Waals surface area contributed by atoms with Crippen molar-refractivity contribution < 1.29 is 28.5 Å². The SMILES string of the molecule is O=C(NCCCCCCCNC(=O)c1ccc(OCCN2CCOCC2)cc1)c1ccc(OCCN2CCOCC2)cc1. The summed E-state index contributed by atoms with van der Waals surface area (Å²) < 4.78 is 22.4. The lowest BCUT2D eigenvalue weighted by Crippen LogP contribution is -2.38. The molecule has 2 heterocycles. The van der Waals surface area contributed by atoms with Crippen LogP contribution in [0.4, 0.5) is 0 Å². The van der Waals surface area contributed by atoms with Crippen molar-refractivity contribution in [2.45, 2.75) is 32.1 Å². The molecule has 2 N–H and O–H groups in total. The van der Waals surface area contributed by atoms with Crippen molar-refractivity contribution in [1.82, 2.24) is 20.4 Å². The number of hydrogen-bond donors (Lipinski definition) is 2. The van der Waals surface area contributed by atoms with Crippen molar-refractivity contribution >= 4 is 11.8 Å². The van der Waals surface area contributed by atoms with E-state index in [9.17, 15) is 9.59 Å². The Labute approximate surface area is 256 Å². The summed E-state index contributed by atoms with van der Waals surface area (Å²) >= 11 is 0. The smallest absolute Gasteiger partial charge is 0.251 e. The third-order valence-corrected chi connectivity index (χ3v) is 7.72. The second kappa shape index (κ2) is 19.2. The van der Waals surface area contributed by atoms with Gasteiger partial charge in [-0.1, -0.05) is 19.3 Å². The van der Waals surface area contributed by atoms with Gasteiger partial charge in [0.05, 0.1) is 26.4 Å².